The Morgan fingerprint density at radius 3 is 2.78 bits per heavy atom. The summed E-state index contributed by atoms with van der Waals surface area (Å²) >= 11 is 0. The number of nitrogens with one attached hydrogen (secondary N) is 1. The van der Waals surface area contributed by atoms with Crippen molar-refractivity contribution in [2.45, 2.75) is 32.6 Å². The molecule has 0 aromatic heterocycles. The molecule has 1 fully saturated rings. The van der Waals surface area contributed by atoms with Crippen LogP contribution in [0.2, 0.25) is 0 Å². The first-order chi connectivity index (χ1) is 8.63. The first-order valence-corrected chi connectivity index (χ1v) is 6.66. The number of nitrogens with two attached hydrogens (primary N) is 1. The fraction of sp³-hybridized carbons (Fsp3) is 0.533. The maximum atomic E-state index is 11.9. The number of amides is 1. The molecule has 0 saturated heterocycles. The first-order valence-electron chi connectivity index (χ1n) is 6.66. The molecular formula is C15H22N2O. The van der Waals surface area contributed by atoms with Crippen molar-refractivity contribution < 1.29 is 4.79 Å². The standard InChI is InChI=1S/C15H22N2O/c1-12-4-2-5-13(8-12)9-14(18)17-11-15(10-16)6-3-7-15/h2,4-5,8H,3,6-7,9-11,16H2,1H3,(H,17,18). The summed E-state index contributed by atoms with van der Waals surface area (Å²) in [7, 11) is 0. The summed E-state index contributed by atoms with van der Waals surface area (Å²) in [4.78, 5) is 11.9. The van der Waals surface area contributed by atoms with E-state index in [9.17, 15) is 4.79 Å². The third kappa shape index (κ3) is 3.10. The highest BCUT2D eigenvalue weighted by molar-refractivity contribution is 5.78. The summed E-state index contributed by atoms with van der Waals surface area (Å²) < 4.78 is 0. The van der Waals surface area contributed by atoms with Crippen LogP contribution in [0, 0.1) is 12.3 Å². The van der Waals surface area contributed by atoms with Crippen LogP contribution in [-0.2, 0) is 11.2 Å². The molecule has 2 rings (SSSR count). The summed E-state index contributed by atoms with van der Waals surface area (Å²) in [6.07, 6.45) is 4.00. The number of carbonyl (C=O) groups is 1. The maximum absolute atomic E-state index is 11.9. The average molecular weight is 246 g/mol. The van der Waals surface area contributed by atoms with Gasteiger partial charge in [0.15, 0.2) is 0 Å². The van der Waals surface area contributed by atoms with Gasteiger partial charge in [-0.2, -0.15) is 0 Å². The first kappa shape index (κ1) is 13.1. The van der Waals surface area contributed by atoms with Crippen molar-refractivity contribution in [3.63, 3.8) is 0 Å². The van der Waals surface area contributed by atoms with E-state index < -0.39 is 0 Å². The second kappa shape index (κ2) is 5.53. The number of rotatable bonds is 5. The van der Waals surface area contributed by atoms with Gasteiger partial charge in [0.25, 0.3) is 0 Å². The molecule has 1 aromatic rings. The van der Waals surface area contributed by atoms with Crippen LogP contribution in [0.5, 0.6) is 0 Å². The third-order valence-corrected chi connectivity index (χ3v) is 3.95. The van der Waals surface area contributed by atoms with Crippen LogP contribution in [0.4, 0.5) is 0 Å². The number of aryl methyl sites for hydroxylation is 1. The van der Waals surface area contributed by atoms with Crippen LogP contribution >= 0.6 is 0 Å². The topological polar surface area (TPSA) is 55.1 Å². The fourth-order valence-electron chi connectivity index (χ4n) is 2.49. The highest BCUT2D eigenvalue weighted by Gasteiger charge is 2.35. The molecule has 0 spiro atoms. The van der Waals surface area contributed by atoms with Gasteiger partial charge < -0.3 is 11.1 Å². The van der Waals surface area contributed by atoms with Gasteiger partial charge in [-0.25, -0.2) is 0 Å². The van der Waals surface area contributed by atoms with Crippen LogP contribution in [0.15, 0.2) is 24.3 Å². The van der Waals surface area contributed by atoms with Crippen molar-refractivity contribution in [3.05, 3.63) is 35.4 Å². The van der Waals surface area contributed by atoms with Crippen molar-refractivity contribution in [1.82, 2.24) is 5.32 Å². The second-order valence-corrected chi connectivity index (χ2v) is 5.50. The lowest BCUT2D eigenvalue weighted by atomic mass is 9.69. The molecule has 0 atom stereocenters. The van der Waals surface area contributed by atoms with Gasteiger partial charge in [0, 0.05) is 6.54 Å². The lowest BCUT2D eigenvalue weighted by Gasteiger charge is -2.41. The largest absolute Gasteiger partial charge is 0.355 e. The number of benzene rings is 1. The molecule has 3 nitrogen and oxygen atoms in total. The van der Waals surface area contributed by atoms with Gasteiger partial charge >= 0.3 is 0 Å². The Kier molecular flexibility index (Phi) is 4.02. The molecule has 18 heavy (non-hydrogen) atoms. The summed E-state index contributed by atoms with van der Waals surface area (Å²) in [5.74, 6) is 0.0975. The molecule has 3 N–H and O–H groups in total. The number of carbonyl (C=O) groups excluding carboxylic acids is 1. The van der Waals surface area contributed by atoms with Crippen molar-refractivity contribution in [3.8, 4) is 0 Å². The molecule has 1 aliphatic carbocycles. The molecule has 1 aliphatic rings. The smallest absolute Gasteiger partial charge is 0.224 e. The molecule has 1 saturated carbocycles. The summed E-state index contributed by atoms with van der Waals surface area (Å²) in [6.45, 7) is 3.45. The van der Waals surface area contributed by atoms with Gasteiger partial charge in [0.2, 0.25) is 5.91 Å². The maximum Gasteiger partial charge on any atom is 0.224 e. The van der Waals surface area contributed by atoms with Gasteiger partial charge in [-0.1, -0.05) is 36.2 Å². The van der Waals surface area contributed by atoms with Crippen LogP contribution in [-0.4, -0.2) is 19.0 Å². The van der Waals surface area contributed by atoms with Gasteiger partial charge in [0.05, 0.1) is 6.42 Å². The van der Waals surface area contributed by atoms with Gasteiger partial charge in [0.1, 0.15) is 0 Å². The van der Waals surface area contributed by atoms with Crippen molar-refractivity contribution in [2.75, 3.05) is 13.1 Å². The van der Waals surface area contributed by atoms with E-state index in [0.717, 1.165) is 24.9 Å². The van der Waals surface area contributed by atoms with Crippen LogP contribution in [0.25, 0.3) is 0 Å². The SMILES string of the molecule is Cc1cccc(CC(=O)NCC2(CN)CCC2)c1. The van der Waals surface area contributed by atoms with Gasteiger partial charge in [-0.15, -0.1) is 0 Å². The predicted molar refractivity (Wildman–Crippen MR) is 73.2 cm³/mol. The molecule has 0 heterocycles. The highest BCUT2D eigenvalue weighted by Crippen LogP contribution is 2.39. The molecule has 0 unspecified atom stereocenters. The molecule has 0 radical (unpaired) electrons. The zero-order valence-corrected chi connectivity index (χ0v) is 11.0. The molecular weight excluding hydrogens is 224 g/mol. The predicted octanol–water partition coefficient (Wildman–Crippen LogP) is 1.78. The van der Waals surface area contributed by atoms with Crippen molar-refractivity contribution in [1.29, 1.82) is 0 Å². The lowest BCUT2D eigenvalue weighted by molar-refractivity contribution is -0.121. The Hall–Kier alpha value is -1.35. The number of hydrogen-bond acceptors (Lipinski definition) is 2. The highest BCUT2D eigenvalue weighted by atomic mass is 16.1. The van der Waals surface area contributed by atoms with E-state index in [4.69, 9.17) is 5.73 Å². The lowest BCUT2D eigenvalue weighted by Crippen LogP contribution is -2.47. The Morgan fingerprint density at radius 2 is 2.22 bits per heavy atom. The monoisotopic (exact) mass is 246 g/mol. The van der Waals surface area contributed by atoms with E-state index in [1.807, 2.05) is 25.1 Å². The van der Waals surface area contributed by atoms with Crippen LogP contribution < -0.4 is 11.1 Å². The van der Waals surface area contributed by atoms with E-state index in [-0.39, 0.29) is 11.3 Å². The summed E-state index contributed by atoms with van der Waals surface area (Å²) in [5.41, 5.74) is 8.22. The quantitative estimate of drug-likeness (QED) is 0.832. The fourth-order valence-corrected chi connectivity index (χ4v) is 2.49. The van der Waals surface area contributed by atoms with E-state index in [1.165, 1.54) is 12.0 Å². The van der Waals surface area contributed by atoms with Crippen molar-refractivity contribution in [2.24, 2.45) is 11.1 Å². The van der Waals surface area contributed by atoms with E-state index in [0.29, 0.717) is 13.0 Å². The van der Waals surface area contributed by atoms with Gasteiger partial charge in [-0.3, -0.25) is 4.79 Å². The van der Waals surface area contributed by atoms with Crippen LogP contribution in [0.3, 0.4) is 0 Å². The summed E-state index contributed by atoms with van der Waals surface area (Å²) in [6, 6.07) is 8.08. The molecule has 1 aromatic carbocycles. The minimum Gasteiger partial charge on any atom is -0.355 e. The normalized spacial score (nSPS) is 17.0. The minimum absolute atomic E-state index is 0.0975. The minimum atomic E-state index is 0.0975. The Morgan fingerprint density at radius 1 is 1.44 bits per heavy atom. The van der Waals surface area contributed by atoms with Gasteiger partial charge in [-0.05, 0) is 37.3 Å². The van der Waals surface area contributed by atoms with E-state index in [2.05, 4.69) is 11.4 Å². The van der Waals surface area contributed by atoms with E-state index >= 15 is 0 Å². The average Bonchev–Trinajstić information content (AvgIpc) is 2.28. The van der Waals surface area contributed by atoms with E-state index in [1.54, 1.807) is 0 Å². The zero-order chi connectivity index (χ0) is 13.0. The molecule has 3 heteroatoms. The second-order valence-electron chi connectivity index (χ2n) is 5.50. The Labute approximate surface area is 109 Å². The molecule has 98 valence electrons. The third-order valence-electron chi connectivity index (χ3n) is 3.95. The summed E-state index contributed by atoms with van der Waals surface area (Å²) in [5, 5.41) is 3.03. The molecule has 0 aliphatic heterocycles. The van der Waals surface area contributed by atoms with Crippen LogP contribution in [0.1, 0.15) is 30.4 Å². The Bertz CT molecular complexity index is 419. The zero-order valence-electron chi connectivity index (χ0n) is 11.0. The van der Waals surface area contributed by atoms with Crippen molar-refractivity contribution >= 4 is 5.91 Å². The molecule has 1 amide bonds. The Balaban J connectivity index is 1.82. The molecule has 0 bridgehead atoms. The number of hydrogen-bond donors (Lipinski definition) is 2.